The van der Waals surface area contributed by atoms with Gasteiger partial charge in [0.05, 0.1) is 5.60 Å². The monoisotopic (exact) mass is 187 g/mol. The summed E-state index contributed by atoms with van der Waals surface area (Å²) >= 11 is 0. The van der Waals surface area contributed by atoms with Crippen LogP contribution in [0.3, 0.4) is 0 Å². The van der Waals surface area contributed by atoms with Crippen LogP contribution in [0.25, 0.3) is 0 Å². The predicted octanol–water partition coefficient (Wildman–Crippen LogP) is 2.17. The maximum Gasteiger partial charge on any atom is 0.0715 e. The smallest absolute Gasteiger partial charge is 0.0715 e. The highest BCUT2D eigenvalue weighted by Crippen LogP contribution is 2.07. The highest BCUT2D eigenvalue weighted by molar-refractivity contribution is 4.71. The Bertz CT molecular complexity index is 127. The highest BCUT2D eigenvalue weighted by atomic mass is 16.3. The van der Waals surface area contributed by atoms with Gasteiger partial charge in [0.15, 0.2) is 0 Å². The minimum absolute atomic E-state index is 0.508. The van der Waals surface area contributed by atoms with E-state index in [2.05, 4.69) is 26.1 Å². The fourth-order valence-electron chi connectivity index (χ4n) is 1.11. The Balaban J connectivity index is 3.46. The van der Waals surface area contributed by atoms with E-state index >= 15 is 0 Å². The van der Waals surface area contributed by atoms with Gasteiger partial charge in [0, 0.05) is 12.6 Å². The van der Waals surface area contributed by atoms with Crippen LogP contribution in [-0.2, 0) is 0 Å². The number of hydrogen-bond donors (Lipinski definition) is 2. The maximum absolute atomic E-state index is 9.48. The molecule has 2 heteroatoms. The van der Waals surface area contributed by atoms with Crippen LogP contribution in [0.2, 0.25) is 0 Å². The zero-order chi connectivity index (χ0) is 10.5. The van der Waals surface area contributed by atoms with Gasteiger partial charge in [-0.25, -0.2) is 0 Å². The molecule has 0 aromatic carbocycles. The minimum Gasteiger partial charge on any atom is -0.389 e. The van der Waals surface area contributed by atoms with E-state index in [1.165, 1.54) is 12.8 Å². The zero-order valence-electron chi connectivity index (χ0n) is 9.72. The molecule has 0 amide bonds. The van der Waals surface area contributed by atoms with Crippen molar-refractivity contribution in [1.29, 1.82) is 0 Å². The van der Waals surface area contributed by atoms with Crippen molar-refractivity contribution >= 4 is 0 Å². The van der Waals surface area contributed by atoms with E-state index in [0.29, 0.717) is 12.6 Å². The third-order valence-corrected chi connectivity index (χ3v) is 2.06. The number of nitrogens with one attached hydrogen (secondary N) is 1. The van der Waals surface area contributed by atoms with Crippen LogP contribution in [0.4, 0.5) is 0 Å². The third-order valence-electron chi connectivity index (χ3n) is 2.06. The van der Waals surface area contributed by atoms with E-state index in [1.54, 1.807) is 0 Å². The van der Waals surface area contributed by atoms with E-state index in [1.807, 2.05) is 13.8 Å². The van der Waals surface area contributed by atoms with Gasteiger partial charge in [0.25, 0.3) is 0 Å². The molecule has 0 bridgehead atoms. The molecular weight excluding hydrogens is 162 g/mol. The Labute approximate surface area is 82.7 Å². The standard InChI is InChI=1S/C11H25NO/c1-9(2)6-7-10(3)12-8-11(4,5)13/h9-10,12-13H,6-8H2,1-5H3/t10-/m0/s1. The van der Waals surface area contributed by atoms with E-state index in [0.717, 1.165) is 5.92 Å². The molecule has 1 atom stereocenters. The lowest BCUT2D eigenvalue weighted by molar-refractivity contribution is 0.0765. The Morgan fingerprint density at radius 2 is 1.69 bits per heavy atom. The number of hydrogen-bond acceptors (Lipinski definition) is 2. The molecule has 0 aliphatic carbocycles. The fraction of sp³-hybridized carbons (Fsp3) is 1.00. The first-order valence-electron chi connectivity index (χ1n) is 5.27. The van der Waals surface area contributed by atoms with Crippen molar-refractivity contribution in [2.75, 3.05) is 6.54 Å². The summed E-state index contributed by atoms with van der Waals surface area (Å²) in [6.45, 7) is 11.0. The molecule has 0 heterocycles. The van der Waals surface area contributed by atoms with Gasteiger partial charge in [-0.2, -0.15) is 0 Å². The fourth-order valence-corrected chi connectivity index (χ4v) is 1.11. The summed E-state index contributed by atoms with van der Waals surface area (Å²) in [6.07, 6.45) is 2.44. The zero-order valence-corrected chi connectivity index (χ0v) is 9.72. The van der Waals surface area contributed by atoms with Crippen LogP contribution in [0, 0.1) is 5.92 Å². The molecule has 0 saturated heterocycles. The van der Waals surface area contributed by atoms with E-state index < -0.39 is 5.60 Å². The van der Waals surface area contributed by atoms with Crippen molar-refractivity contribution in [2.24, 2.45) is 5.92 Å². The van der Waals surface area contributed by atoms with Crippen LogP contribution < -0.4 is 5.32 Å². The summed E-state index contributed by atoms with van der Waals surface area (Å²) < 4.78 is 0. The van der Waals surface area contributed by atoms with Crippen molar-refractivity contribution in [1.82, 2.24) is 5.32 Å². The first kappa shape index (κ1) is 12.9. The Hall–Kier alpha value is -0.0800. The summed E-state index contributed by atoms with van der Waals surface area (Å²) in [5.41, 5.74) is -0.591. The van der Waals surface area contributed by atoms with E-state index in [4.69, 9.17) is 0 Å². The molecule has 0 saturated carbocycles. The molecule has 0 rings (SSSR count). The van der Waals surface area contributed by atoms with Gasteiger partial charge < -0.3 is 10.4 Å². The second-order valence-corrected chi connectivity index (χ2v) is 5.07. The Morgan fingerprint density at radius 3 is 2.08 bits per heavy atom. The predicted molar refractivity (Wildman–Crippen MR) is 57.8 cm³/mol. The third kappa shape index (κ3) is 9.84. The Morgan fingerprint density at radius 1 is 1.15 bits per heavy atom. The molecule has 13 heavy (non-hydrogen) atoms. The van der Waals surface area contributed by atoms with Crippen LogP contribution in [-0.4, -0.2) is 23.3 Å². The molecule has 0 radical (unpaired) electrons. The molecule has 2 nitrogen and oxygen atoms in total. The SMILES string of the molecule is CC(C)CC[C@H](C)NCC(C)(C)O. The van der Waals surface area contributed by atoms with Crippen molar-refractivity contribution < 1.29 is 5.11 Å². The highest BCUT2D eigenvalue weighted by Gasteiger charge is 2.13. The van der Waals surface area contributed by atoms with Crippen molar-refractivity contribution in [3.63, 3.8) is 0 Å². The topological polar surface area (TPSA) is 32.3 Å². The molecule has 0 aliphatic heterocycles. The molecule has 2 N–H and O–H groups in total. The molecule has 80 valence electrons. The van der Waals surface area contributed by atoms with Crippen molar-refractivity contribution in [2.45, 2.75) is 59.1 Å². The van der Waals surface area contributed by atoms with Crippen LogP contribution in [0.15, 0.2) is 0 Å². The summed E-state index contributed by atoms with van der Waals surface area (Å²) in [5, 5.41) is 12.8. The number of rotatable bonds is 6. The van der Waals surface area contributed by atoms with Gasteiger partial charge in [-0.1, -0.05) is 13.8 Å². The quantitative estimate of drug-likeness (QED) is 0.668. The van der Waals surface area contributed by atoms with Gasteiger partial charge in [-0.15, -0.1) is 0 Å². The van der Waals surface area contributed by atoms with Gasteiger partial charge >= 0.3 is 0 Å². The molecule has 0 unspecified atom stereocenters. The summed E-state index contributed by atoms with van der Waals surface area (Å²) in [4.78, 5) is 0. The normalized spacial score (nSPS) is 15.0. The van der Waals surface area contributed by atoms with Crippen LogP contribution in [0.1, 0.15) is 47.5 Å². The van der Waals surface area contributed by atoms with Gasteiger partial charge in [-0.3, -0.25) is 0 Å². The lowest BCUT2D eigenvalue weighted by atomic mass is 10.0. The molecule has 0 spiro atoms. The second-order valence-electron chi connectivity index (χ2n) is 5.07. The van der Waals surface area contributed by atoms with Gasteiger partial charge in [0.1, 0.15) is 0 Å². The lowest BCUT2D eigenvalue weighted by Crippen LogP contribution is -2.39. The minimum atomic E-state index is -0.591. The van der Waals surface area contributed by atoms with Crippen molar-refractivity contribution in [3.8, 4) is 0 Å². The first-order valence-corrected chi connectivity index (χ1v) is 5.27. The summed E-state index contributed by atoms with van der Waals surface area (Å²) in [5.74, 6) is 0.770. The Kier molecular flexibility index (Phi) is 5.57. The average molecular weight is 187 g/mol. The van der Waals surface area contributed by atoms with Gasteiger partial charge in [-0.05, 0) is 39.5 Å². The average Bonchev–Trinajstić information content (AvgIpc) is 1.95. The van der Waals surface area contributed by atoms with E-state index in [9.17, 15) is 5.11 Å². The largest absolute Gasteiger partial charge is 0.389 e. The summed E-state index contributed by atoms with van der Waals surface area (Å²) in [7, 11) is 0. The molecule has 0 fully saturated rings. The van der Waals surface area contributed by atoms with E-state index in [-0.39, 0.29) is 0 Å². The summed E-state index contributed by atoms with van der Waals surface area (Å²) in [6, 6.07) is 0.508. The lowest BCUT2D eigenvalue weighted by Gasteiger charge is -2.22. The van der Waals surface area contributed by atoms with Crippen molar-refractivity contribution in [3.05, 3.63) is 0 Å². The van der Waals surface area contributed by atoms with Crippen LogP contribution >= 0.6 is 0 Å². The molecule has 0 aliphatic rings. The first-order chi connectivity index (χ1) is 5.81. The molecule has 0 aromatic rings. The molecular formula is C11H25NO. The number of aliphatic hydroxyl groups is 1. The van der Waals surface area contributed by atoms with Crippen LogP contribution in [0.5, 0.6) is 0 Å². The molecule has 0 aromatic heterocycles. The van der Waals surface area contributed by atoms with Gasteiger partial charge in [0.2, 0.25) is 0 Å². The second kappa shape index (κ2) is 5.61. The maximum atomic E-state index is 9.48.